The third-order valence-electron chi connectivity index (χ3n) is 13.7. The lowest BCUT2D eigenvalue weighted by Crippen LogP contribution is -2.60. The van der Waals surface area contributed by atoms with Crippen LogP contribution in [0.1, 0.15) is 0 Å². The molecular weight excluding hydrogens is 715 g/mol. The van der Waals surface area contributed by atoms with Crippen LogP contribution < -0.4 is 21.3 Å². The van der Waals surface area contributed by atoms with E-state index in [1.165, 1.54) is 115 Å². The van der Waals surface area contributed by atoms with E-state index in [4.69, 9.17) is 0 Å². The summed E-state index contributed by atoms with van der Waals surface area (Å²) in [5.74, 6) is 0. The van der Waals surface area contributed by atoms with E-state index in [9.17, 15) is 0 Å². The van der Waals surface area contributed by atoms with Crippen molar-refractivity contribution in [1.29, 1.82) is 0 Å². The highest BCUT2D eigenvalue weighted by Crippen LogP contribution is 2.46. The maximum Gasteiger partial charge on any atom is 0.252 e. The molecule has 0 spiro atoms. The number of rotatable bonds is 2. The quantitative estimate of drug-likeness (QED) is 0.161. The predicted octanol–water partition coefficient (Wildman–Crippen LogP) is 11.6. The van der Waals surface area contributed by atoms with Crippen molar-refractivity contribution in [3.8, 4) is 11.4 Å². The van der Waals surface area contributed by atoms with Crippen molar-refractivity contribution < 1.29 is 0 Å². The lowest BCUT2D eigenvalue weighted by Gasteiger charge is -2.40. The van der Waals surface area contributed by atoms with Gasteiger partial charge < -0.3 is 18.4 Å². The maximum atomic E-state index is 2.62. The van der Waals surface area contributed by atoms with Crippen molar-refractivity contribution in [3.05, 3.63) is 188 Å². The summed E-state index contributed by atoms with van der Waals surface area (Å²) in [4.78, 5) is 2.51. The van der Waals surface area contributed by atoms with E-state index in [1.807, 2.05) is 0 Å². The molecule has 4 nitrogen and oxygen atoms in total. The molecule has 2 aliphatic rings. The third-order valence-corrected chi connectivity index (χ3v) is 13.7. The molecule has 0 amide bonds. The van der Waals surface area contributed by atoms with Gasteiger partial charge in [0, 0.05) is 71.4 Å². The monoisotopic (exact) mass is 746 g/mol. The van der Waals surface area contributed by atoms with Crippen LogP contribution in [0.3, 0.4) is 0 Å². The van der Waals surface area contributed by atoms with Crippen LogP contribution in [0.5, 0.6) is 0 Å². The standard InChI is InChI=1S/C54H31BN4/c1-2-14-32(15-3-1)56-47-27-11-7-22-42(47)55-43-23-13-21-39-41-30-40-38-20-12-19-37-36-18-6-10-26-46(36)58(53(37)38)48(40)31-49(41)59(54(39)43)51-29-33(28-50(56)52(51)55)57-44-24-8-4-16-34(44)35-17-5-9-25-45(35)57/h1-31H. The van der Waals surface area contributed by atoms with Gasteiger partial charge in [0.15, 0.2) is 0 Å². The van der Waals surface area contributed by atoms with Crippen molar-refractivity contribution in [3.63, 3.8) is 0 Å². The topological polar surface area (TPSA) is 17.5 Å². The molecule has 0 saturated heterocycles. The van der Waals surface area contributed by atoms with Gasteiger partial charge in [0.2, 0.25) is 0 Å². The Hall–Kier alpha value is -7.76. The number of anilines is 3. The summed E-state index contributed by atoms with van der Waals surface area (Å²) >= 11 is 0. The molecule has 5 heteroatoms. The summed E-state index contributed by atoms with van der Waals surface area (Å²) < 4.78 is 7.63. The predicted molar refractivity (Wildman–Crippen MR) is 249 cm³/mol. The number of aromatic nitrogens is 3. The molecule has 13 aromatic rings. The molecule has 59 heavy (non-hydrogen) atoms. The fraction of sp³-hybridized carbons (Fsp3) is 0. The van der Waals surface area contributed by atoms with Gasteiger partial charge in [0.1, 0.15) is 0 Å². The van der Waals surface area contributed by atoms with E-state index in [0.717, 1.165) is 11.4 Å². The van der Waals surface area contributed by atoms with Crippen LogP contribution >= 0.6 is 0 Å². The van der Waals surface area contributed by atoms with Crippen LogP contribution in [0, 0.1) is 0 Å². The summed E-state index contributed by atoms with van der Waals surface area (Å²) in [7, 11) is 0. The lowest BCUT2D eigenvalue weighted by molar-refractivity contribution is 1.13. The van der Waals surface area contributed by atoms with Gasteiger partial charge in [-0.1, -0.05) is 127 Å². The van der Waals surface area contributed by atoms with E-state index >= 15 is 0 Å². The molecule has 15 rings (SSSR count). The first-order chi connectivity index (χ1) is 29.3. The first-order valence-corrected chi connectivity index (χ1v) is 20.6. The van der Waals surface area contributed by atoms with Gasteiger partial charge in [-0.05, 0) is 77.1 Å². The second-order valence-corrected chi connectivity index (χ2v) is 16.4. The highest BCUT2D eigenvalue weighted by Gasteiger charge is 2.42. The van der Waals surface area contributed by atoms with E-state index < -0.39 is 0 Å². The Balaban J connectivity index is 1.15. The molecular formula is C54H31BN4. The summed E-state index contributed by atoms with van der Waals surface area (Å²) in [6.45, 7) is 0.0597. The minimum Gasteiger partial charge on any atom is -0.311 e. The highest BCUT2D eigenvalue weighted by atomic mass is 15.2. The minimum atomic E-state index is 0.0597. The summed E-state index contributed by atoms with van der Waals surface area (Å²) in [6.07, 6.45) is 0. The van der Waals surface area contributed by atoms with Crippen molar-refractivity contribution >= 4 is 122 Å². The number of benzene rings is 9. The Morgan fingerprint density at radius 1 is 0.305 bits per heavy atom. The van der Waals surface area contributed by atoms with Crippen LogP contribution in [-0.4, -0.2) is 20.2 Å². The molecule has 0 fully saturated rings. The van der Waals surface area contributed by atoms with Gasteiger partial charge in [-0.15, -0.1) is 0 Å². The van der Waals surface area contributed by atoms with E-state index in [0.29, 0.717) is 0 Å². The molecule has 6 heterocycles. The zero-order valence-corrected chi connectivity index (χ0v) is 31.8. The van der Waals surface area contributed by atoms with E-state index in [-0.39, 0.29) is 6.71 Å². The molecule has 0 atom stereocenters. The molecule has 4 aromatic heterocycles. The minimum absolute atomic E-state index is 0.0597. The maximum absolute atomic E-state index is 2.62. The smallest absolute Gasteiger partial charge is 0.252 e. The molecule has 0 saturated carbocycles. The lowest BCUT2D eigenvalue weighted by atomic mass is 9.34. The summed E-state index contributed by atoms with van der Waals surface area (Å²) in [6, 6.07) is 70.4. The molecule has 0 aliphatic carbocycles. The molecule has 0 radical (unpaired) electrons. The Bertz CT molecular complexity index is 3930. The number of hydrogen-bond acceptors (Lipinski definition) is 1. The van der Waals surface area contributed by atoms with Crippen LogP contribution in [0.15, 0.2) is 188 Å². The van der Waals surface area contributed by atoms with Gasteiger partial charge in [0.25, 0.3) is 6.71 Å². The average molecular weight is 747 g/mol. The van der Waals surface area contributed by atoms with Crippen LogP contribution in [0.2, 0.25) is 0 Å². The fourth-order valence-electron chi connectivity index (χ4n) is 11.5. The molecule has 270 valence electrons. The SMILES string of the molecule is c1ccc(N2c3ccccc3B3c4c2cc(-n2c5ccccc5c5ccccc52)cc4-n2c4cc5c(cc4c4cccc3c42)c2cccc3c4ccccc4n5c32)cc1. The Morgan fingerprint density at radius 3 is 1.64 bits per heavy atom. The number of nitrogens with zero attached hydrogens (tertiary/aromatic N) is 4. The third kappa shape index (κ3) is 3.60. The van der Waals surface area contributed by atoms with Crippen LogP contribution in [-0.2, 0) is 0 Å². The van der Waals surface area contributed by atoms with E-state index in [1.54, 1.807) is 0 Å². The Kier molecular flexibility index (Phi) is 5.46. The number of fused-ring (bicyclic) bond motifs is 16. The zero-order chi connectivity index (χ0) is 38.1. The van der Waals surface area contributed by atoms with Gasteiger partial charge in [-0.25, -0.2) is 0 Å². The van der Waals surface area contributed by atoms with Gasteiger partial charge in [0.05, 0.1) is 38.8 Å². The first kappa shape index (κ1) is 30.4. The van der Waals surface area contributed by atoms with Gasteiger partial charge in [-0.3, -0.25) is 0 Å². The largest absolute Gasteiger partial charge is 0.311 e. The molecule has 0 bridgehead atoms. The van der Waals surface area contributed by atoms with Gasteiger partial charge >= 0.3 is 0 Å². The average Bonchev–Trinajstić information content (AvgIpc) is 4.02. The molecule has 0 N–H and O–H groups in total. The molecule has 2 aliphatic heterocycles. The normalized spacial score (nSPS) is 13.4. The van der Waals surface area contributed by atoms with Crippen LogP contribution in [0.4, 0.5) is 17.1 Å². The number of hydrogen-bond donors (Lipinski definition) is 0. The van der Waals surface area contributed by atoms with Crippen molar-refractivity contribution in [2.75, 3.05) is 4.90 Å². The Morgan fingerprint density at radius 2 is 0.864 bits per heavy atom. The van der Waals surface area contributed by atoms with Crippen molar-refractivity contribution in [2.45, 2.75) is 0 Å². The summed E-state index contributed by atoms with van der Waals surface area (Å²) in [5, 5.41) is 10.3. The summed E-state index contributed by atoms with van der Waals surface area (Å²) in [5.41, 5.74) is 18.7. The fourth-order valence-corrected chi connectivity index (χ4v) is 11.5. The van der Waals surface area contributed by atoms with Crippen molar-refractivity contribution in [2.24, 2.45) is 0 Å². The highest BCUT2D eigenvalue weighted by molar-refractivity contribution is 7.00. The molecule has 0 unspecified atom stereocenters. The van der Waals surface area contributed by atoms with Crippen LogP contribution in [0.25, 0.3) is 93.1 Å². The second-order valence-electron chi connectivity index (χ2n) is 16.4. The molecule has 9 aromatic carbocycles. The van der Waals surface area contributed by atoms with Gasteiger partial charge in [-0.2, -0.15) is 0 Å². The number of para-hydroxylation sites is 7. The zero-order valence-electron chi connectivity index (χ0n) is 31.8. The Labute approximate surface area is 338 Å². The second kappa shape index (κ2) is 10.6. The van der Waals surface area contributed by atoms with Crippen molar-refractivity contribution in [1.82, 2.24) is 13.5 Å². The first-order valence-electron chi connectivity index (χ1n) is 20.6. The van der Waals surface area contributed by atoms with E-state index in [2.05, 4.69) is 206 Å².